The van der Waals surface area contributed by atoms with Crippen LogP contribution in [0.15, 0.2) is 24.3 Å². The molecule has 0 bridgehead atoms. The Morgan fingerprint density at radius 3 is 2.30 bits per heavy atom. The van der Waals surface area contributed by atoms with Gasteiger partial charge in [0.25, 0.3) is 0 Å². The molecule has 0 aliphatic carbocycles. The lowest BCUT2D eigenvalue weighted by molar-refractivity contribution is 0.328. The molecule has 1 aromatic carbocycles. The van der Waals surface area contributed by atoms with Crippen molar-refractivity contribution in [1.82, 2.24) is 9.97 Å². The van der Waals surface area contributed by atoms with Crippen LogP contribution in [0, 0.1) is 12.3 Å². The summed E-state index contributed by atoms with van der Waals surface area (Å²) >= 11 is 0. The molecule has 0 spiro atoms. The van der Waals surface area contributed by atoms with E-state index in [0.29, 0.717) is 6.54 Å². The minimum Gasteiger partial charge on any atom is -0.365 e. The highest BCUT2D eigenvalue weighted by atomic mass is 15.1. The molecular weight excluding hydrogens is 248 g/mol. The molecule has 0 radical (unpaired) electrons. The Hall–Kier alpha value is -1.68. The van der Waals surface area contributed by atoms with Gasteiger partial charge in [-0.1, -0.05) is 32.9 Å². The summed E-state index contributed by atoms with van der Waals surface area (Å²) in [5, 5.41) is 3.53. The second-order valence-corrected chi connectivity index (χ2v) is 6.29. The van der Waals surface area contributed by atoms with Crippen molar-refractivity contribution in [2.45, 2.75) is 40.2 Å². The zero-order valence-corrected chi connectivity index (χ0v) is 12.8. The van der Waals surface area contributed by atoms with E-state index in [2.05, 4.69) is 31.1 Å². The first-order chi connectivity index (χ1) is 9.41. The first-order valence-electron chi connectivity index (χ1n) is 7.12. The van der Waals surface area contributed by atoms with Crippen LogP contribution in [0.1, 0.15) is 32.9 Å². The number of aromatic nitrogens is 2. The zero-order valence-electron chi connectivity index (χ0n) is 12.8. The van der Waals surface area contributed by atoms with Crippen molar-refractivity contribution in [3.63, 3.8) is 0 Å². The number of nitrogens with one attached hydrogen (secondary N) is 1. The quantitative estimate of drug-likeness (QED) is 0.897. The zero-order chi connectivity index (χ0) is 14.8. The maximum atomic E-state index is 5.73. The van der Waals surface area contributed by atoms with E-state index in [1.165, 1.54) is 0 Å². The largest absolute Gasteiger partial charge is 0.365 e. The third-order valence-electron chi connectivity index (χ3n) is 3.56. The minimum atomic E-state index is 0.124. The maximum Gasteiger partial charge on any atom is 0.148 e. The Morgan fingerprint density at radius 2 is 1.75 bits per heavy atom. The van der Waals surface area contributed by atoms with Crippen LogP contribution in [0.4, 0.5) is 5.82 Å². The van der Waals surface area contributed by atoms with Gasteiger partial charge in [-0.05, 0) is 37.4 Å². The van der Waals surface area contributed by atoms with E-state index in [9.17, 15) is 0 Å². The van der Waals surface area contributed by atoms with Crippen molar-refractivity contribution in [3.8, 4) is 0 Å². The molecule has 0 fully saturated rings. The van der Waals surface area contributed by atoms with Crippen molar-refractivity contribution in [3.05, 3.63) is 30.0 Å². The normalized spacial score (nSPS) is 13.4. The van der Waals surface area contributed by atoms with Gasteiger partial charge in [0.05, 0.1) is 16.7 Å². The number of fused-ring (bicyclic) bond motifs is 1. The Balaban J connectivity index is 2.34. The number of anilines is 1. The summed E-state index contributed by atoms with van der Waals surface area (Å²) < 4.78 is 0. The molecule has 3 N–H and O–H groups in total. The van der Waals surface area contributed by atoms with Crippen molar-refractivity contribution in [1.29, 1.82) is 0 Å². The molecule has 0 aliphatic heterocycles. The van der Waals surface area contributed by atoms with Gasteiger partial charge in [0.15, 0.2) is 0 Å². The molecule has 0 saturated heterocycles. The van der Waals surface area contributed by atoms with Gasteiger partial charge in [-0.25, -0.2) is 9.97 Å². The van der Waals surface area contributed by atoms with E-state index in [0.717, 1.165) is 29.0 Å². The van der Waals surface area contributed by atoms with Gasteiger partial charge in [-0.2, -0.15) is 0 Å². The molecule has 4 nitrogen and oxygen atoms in total. The molecule has 1 atom stereocenters. The molecule has 2 rings (SSSR count). The average molecular weight is 272 g/mol. The van der Waals surface area contributed by atoms with Crippen molar-refractivity contribution >= 4 is 16.9 Å². The third-order valence-corrected chi connectivity index (χ3v) is 3.56. The van der Waals surface area contributed by atoms with Gasteiger partial charge < -0.3 is 11.1 Å². The lowest BCUT2D eigenvalue weighted by Gasteiger charge is -2.32. The minimum absolute atomic E-state index is 0.124. The fraction of sp³-hybridized carbons (Fsp3) is 0.500. The highest BCUT2D eigenvalue weighted by Crippen LogP contribution is 2.26. The summed E-state index contributed by atoms with van der Waals surface area (Å²) in [5.41, 5.74) is 8.63. The summed E-state index contributed by atoms with van der Waals surface area (Å²) in [4.78, 5) is 9.31. The molecule has 0 saturated carbocycles. The molecule has 0 aliphatic rings. The highest BCUT2D eigenvalue weighted by Gasteiger charge is 2.24. The summed E-state index contributed by atoms with van der Waals surface area (Å²) in [6.45, 7) is 9.29. The van der Waals surface area contributed by atoms with Crippen molar-refractivity contribution < 1.29 is 0 Å². The Labute approximate surface area is 120 Å². The summed E-state index contributed by atoms with van der Waals surface area (Å²) in [6.07, 6.45) is 0.914. The molecule has 1 heterocycles. The van der Waals surface area contributed by atoms with E-state index >= 15 is 0 Å². The van der Waals surface area contributed by atoms with Crippen LogP contribution < -0.4 is 11.1 Å². The summed E-state index contributed by atoms with van der Waals surface area (Å²) in [7, 11) is 0. The van der Waals surface area contributed by atoms with Crippen LogP contribution in [0.2, 0.25) is 0 Å². The molecule has 2 aromatic rings. The average Bonchev–Trinajstić information content (AvgIpc) is 2.37. The van der Waals surface area contributed by atoms with E-state index in [-0.39, 0.29) is 11.5 Å². The Morgan fingerprint density at radius 1 is 1.15 bits per heavy atom. The number of benzene rings is 1. The molecule has 108 valence electrons. The monoisotopic (exact) mass is 272 g/mol. The summed E-state index contributed by atoms with van der Waals surface area (Å²) in [6, 6.07) is 8.22. The molecule has 1 unspecified atom stereocenters. The maximum absolute atomic E-state index is 5.73. The molecule has 4 heteroatoms. The Kier molecular flexibility index (Phi) is 4.23. The predicted molar refractivity (Wildman–Crippen MR) is 84.8 cm³/mol. The highest BCUT2D eigenvalue weighted by molar-refractivity contribution is 5.76. The van der Waals surface area contributed by atoms with Crippen LogP contribution in [-0.2, 0) is 0 Å². The molecule has 1 aromatic heterocycles. The van der Waals surface area contributed by atoms with Crippen LogP contribution >= 0.6 is 0 Å². The number of nitrogens with zero attached hydrogens (tertiary/aromatic N) is 2. The smallest absolute Gasteiger partial charge is 0.148 e. The topological polar surface area (TPSA) is 63.8 Å². The van der Waals surface area contributed by atoms with E-state index in [4.69, 9.17) is 10.7 Å². The fourth-order valence-corrected chi connectivity index (χ4v) is 2.28. The third kappa shape index (κ3) is 3.25. The van der Waals surface area contributed by atoms with Gasteiger partial charge in [0.1, 0.15) is 5.82 Å². The van der Waals surface area contributed by atoms with Crippen molar-refractivity contribution in [2.24, 2.45) is 11.1 Å². The lowest BCUT2D eigenvalue weighted by Crippen LogP contribution is -2.36. The van der Waals surface area contributed by atoms with Gasteiger partial charge >= 0.3 is 0 Å². The molecule has 0 amide bonds. The fourth-order valence-electron chi connectivity index (χ4n) is 2.28. The van der Waals surface area contributed by atoms with Crippen LogP contribution in [0.25, 0.3) is 11.0 Å². The van der Waals surface area contributed by atoms with Crippen LogP contribution in [0.3, 0.4) is 0 Å². The lowest BCUT2D eigenvalue weighted by atomic mass is 9.84. The standard InChI is InChI=1S/C16H24N4/c1-11-15(20-14(9-10-17)16(2,3)4)19-13-8-6-5-7-12(13)18-11/h5-8,14H,9-10,17H2,1-4H3,(H,19,20). The number of hydrogen-bond donors (Lipinski definition) is 2. The predicted octanol–water partition coefficient (Wildman–Crippen LogP) is 3.11. The van der Waals surface area contributed by atoms with E-state index < -0.39 is 0 Å². The molecule has 20 heavy (non-hydrogen) atoms. The van der Waals surface area contributed by atoms with Gasteiger partial charge in [0, 0.05) is 6.04 Å². The van der Waals surface area contributed by atoms with Gasteiger partial charge in [-0.3, -0.25) is 0 Å². The number of aryl methyl sites for hydroxylation is 1. The van der Waals surface area contributed by atoms with E-state index in [1.54, 1.807) is 0 Å². The summed E-state index contributed by atoms with van der Waals surface area (Å²) in [5.74, 6) is 0.858. The number of para-hydroxylation sites is 2. The van der Waals surface area contributed by atoms with Crippen LogP contribution in [-0.4, -0.2) is 22.6 Å². The Bertz CT molecular complexity index is 587. The SMILES string of the molecule is Cc1nc2ccccc2nc1NC(CCN)C(C)(C)C. The molecular formula is C16H24N4. The van der Waals surface area contributed by atoms with Gasteiger partial charge in [-0.15, -0.1) is 0 Å². The van der Waals surface area contributed by atoms with Crippen LogP contribution in [0.5, 0.6) is 0 Å². The first kappa shape index (κ1) is 14.7. The first-order valence-corrected chi connectivity index (χ1v) is 7.12. The number of rotatable bonds is 4. The van der Waals surface area contributed by atoms with Gasteiger partial charge in [0.2, 0.25) is 0 Å². The second-order valence-electron chi connectivity index (χ2n) is 6.29. The second kappa shape index (κ2) is 5.75. The number of hydrogen-bond acceptors (Lipinski definition) is 4. The number of nitrogens with two attached hydrogens (primary N) is 1. The van der Waals surface area contributed by atoms with E-state index in [1.807, 2.05) is 31.2 Å². The van der Waals surface area contributed by atoms with Crippen molar-refractivity contribution in [2.75, 3.05) is 11.9 Å².